The van der Waals surface area contributed by atoms with Crippen molar-refractivity contribution in [1.29, 1.82) is 0 Å². The Morgan fingerprint density at radius 2 is 1.97 bits per heavy atom. The fourth-order valence-electron chi connectivity index (χ4n) is 2.73. The molecular formula is C17H12F4N8O2. The summed E-state index contributed by atoms with van der Waals surface area (Å²) in [7, 11) is 0. The Bertz CT molecular complexity index is 1140. The second kappa shape index (κ2) is 7.89. The third-order valence-corrected chi connectivity index (χ3v) is 4.02. The van der Waals surface area contributed by atoms with E-state index in [1.54, 1.807) is 0 Å². The zero-order valence-corrected chi connectivity index (χ0v) is 15.3. The van der Waals surface area contributed by atoms with E-state index in [1.165, 1.54) is 30.5 Å². The van der Waals surface area contributed by atoms with Crippen LogP contribution in [0.3, 0.4) is 0 Å². The van der Waals surface area contributed by atoms with Crippen LogP contribution in [0.2, 0.25) is 0 Å². The zero-order chi connectivity index (χ0) is 22.0. The van der Waals surface area contributed by atoms with Gasteiger partial charge in [0.2, 0.25) is 0 Å². The molecule has 0 bridgehead atoms. The van der Waals surface area contributed by atoms with Crippen molar-refractivity contribution < 1.29 is 27.4 Å². The van der Waals surface area contributed by atoms with Crippen molar-refractivity contribution in [2.24, 2.45) is 0 Å². The van der Waals surface area contributed by atoms with Crippen molar-refractivity contribution in [3.8, 4) is 11.5 Å². The van der Waals surface area contributed by atoms with Gasteiger partial charge in [0.05, 0.1) is 6.67 Å². The fraction of sp³-hybridized carbons (Fsp3) is 0.118. The Hall–Kier alpha value is -4.23. The summed E-state index contributed by atoms with van der Waals surface area (Å²) < 4.78 is 51.0. The fourth-order valence-corrected chi connectivity index (χ4v) is 2.73. The van der Waals surface area contributed by atoms with Crippen LogP contribution in [0.4, 0.5) is 51.3 Å². The predicted molar refractivity (Wildman–Crippen MR) is 101 cm³/mol. The number of fused-ring (bicyclic) bond motifs is 1. The third kappa shape index (κ3) is 4.36. The Morgan fingerprint density at radius 3 is 2.74 bits per heavy atom. The van der Waals surface area contributed by atoms with Crippen LogP contribution in [-0.4, -0.2) is 32.7 Å². The van der Waals surface area contributed by atoms with Crippen LogP contribution >= 0.6 is 0 Å². The highest BCUT2D eigenvalue weighted by Crippen LogP contribution is 2.35. The largest absolute Gasteiger partial charge is 0.450 e. The highest BCUT2D eigenvalue weighted by molar-refractivity contribution is 5.86. The van der Waals surface area contributed by atoms with Crippen LogP contribution in [-0.2, 0) is 11.1 Å². The minimum atomic E-state index is -4.62. The van der Waals surface area contributed by atoms with Gasteiger partial charge in [0.25, 0.3) is 0 Å². The van der Waals surface area contributed by atoms with Gasteiger partial charge < -0.3 is 16.0 Å². The third-order valence-electron chi connectivity index (χ3n) is 4.02. The van der Waals surface area contributed by atoms with Gasteiger partial charge in [-0.3, -0.25) is 5.32 Å². The molecule has 0 unspecified atom stereocenters. The molecule has 0 spiro atoms. The number of nitrogens with one attached hydrogen (secondary N) is 4. The Balaban J connectivity index is 1.69. The molecule has 1 amide bonds. The molecule has 160 valence electrons. The first-order chi connectivity index (χ1) is 14.8. The second-order valence-electron chi connectivity index (χ2n) is 6.10. The number of carbonyl (C=O) groups is 1. The molecule has 10 nitrogen and oxygen atoms in total. The van der Waals surface area contributed by atoms with Crippen molar-refractivity contribution in [3.05, 3.63) is 42.2 Å². The Labute approximate surface area is 171 Å². The van der Waals surface area contributed by atoms with Crippen molar-refractivity contribution in [1.82, 2.24) is 19.9 Å². The van der Waals surface area contributed by atoms with E-state index in [9.17, 15) is 22.5 Å². The normalized spacial score (nSPS) is 12.4. The number of aromatic nitrogens is 4. The molecule has 4 heterocycles. The van der Waals surface area contributed by atoms with Crippen LogP contribution in [0.25, 0.3) is 11.5 Å². The quantitative estimate of drug-likeness (QED) is 0.450. The first kappa shape index (κ1) is 20.1. The highest BCUT2D eigenvalue weighted by Gasteiger charge is 2.33. The van der Waals surface area contributed by atoms with Gasteiger partial charge in [-0.15, -0.1) is 0 Å². The minimum absolute atomic E-state index is 0.01000. The number of alkyl halides is 3. The van der Waals surface area contributed by atoms with Gasteiger partial charge in [-0.2, -0.15) is 13.2 Å². The number of rotatable bonds is 4. The first-order valence-electron chi connectivity index (χ1n) is 8.60. The second-order valence-corrected chi connectivity index (χ2v) is 6.10. The molecule has 0 aromatic carbocycles. The maximum Gasteiger partial charge on any atom is 0.450 e. The number of nitrogens with zero attached hydrogens (tertiary/aromatic N) is 4. The lowest BCUT2D eigenvalue weighted by molar-refractivity contribution is -0.141. The average molecular weight is 436 g/mol. The van der Waals surface area contributed by atoms with E-state index in [-0.39, 0.29) is 23.2 Å². The van der Waals surface area contributed by atoms with Crippen molar-refractivity contribution in [2.75, 3.05) is 27.9 Å². The molecule has 3 aromatic rings. The van der Waals surface area contributed by atoms with Gasteiger partial charge in [-0.25, -0.2) is 29.7 Å². The van der Waals surface area contributed by atoms with Gasteiger partial charge in [-0.05, 0) is 18.2 Å². The molecule has 0 aliphatic carbocycles. The SMILES string of the molecule is O=C(Nc1cc(Nc2nc(-c3cccc(C(F)(F)F)n3)nc3c2NCN3)ccn1)OF. The molecule has 14 heteroatoms. The van der Waals surface area contributed by atoms with Gasteiger partial charge in [0.1, 0.15) is 22.9 Å². The number of amides is 1. The maximum absolute atomic E-state index is 13.0. The number of carbonyl (C=O) groups excluding carboxylic acids is 1. The summed E-state index contributed by atoms with van der Waals surface area (Å²) in [6.45, 7) is 0.323. The number of halogens is 4. The van der Waals surface area contributed by atoms with E-state index in [2.05, 4.69) is 46.1 Å². The van der Waals surface area contributed by atoms with Gasteiger partial charge in [0.15, 0.2) is 17.5 Å². The lowest BCUT2D eigenvalue weighted by Crippen LogP contribution is -2.10. The summed E-state index contributed by atoms with van der Waals surface area (Å²) >= 11 is 0. The lowest BCUT2D eigenvalue weighted by atomic mass is 10.2. The molecule has 0 saturated heterocycles. The molecule has 0 saturated carbocycles. The monoisotopic (exact) mass is 436 g/mol. The van der Waals surface area contributed by atoms with Crippen LogP contribution in [0.15, 0.2) is 36.5 Å². The average Bonchev–Trinajstić information content (AvgIpc) is 3.22. The van der Waals surface area contributed by atoms with E-state index < -0.39 is 18.0 Å². The summed E-state index contributed by atoms with van der Waals surface area (Å²) in [5, 5.41) is 11.0. The molecule has 4 rings (SSSR count). The Morgan fingerprint density at radius 1 is 1.13 bits per heavy atom. The number of pyridine rings is 2. The molecule has 0 atom stereocenters. The zero-order valence-electron chi connectivity index (χ0n) is 15.3. The molecule has 1 aliphatic heterocycles. The molecular weight excluding hydrogens is 424 g/mol. The molecule has 0 fully saturated rings. The molecule has 4 N–H and O–H groups in total. The van der Waals surface area contributed by atoms with Crippen LogP contribution in [0.5, 0.6) is 0 Å². The summed E-state index contributed by atoms with van der Waals surface area (Å²) in [5.74, 6) is 0.538. The molecule has 1 aliphatic rings. The van der Waals surface area contributed by atoms with Crippen molar-refractivity contribution in [2.45, 2.75) is 6.18 Å². The lowest BCUT2D eigenvalue weighted by Gasteiger charge is -2.13. The molecule has 3 aromatic heterocycles. The number of hydrogen-bond acceptors (Lipinski definition) is 9. The summed E-state index contributed by atoms with van der Waals surface area (Å²) in [5.41, 5.74) is -0.275. The predicted octanol–water partition coefficient (Wildman–Crippen LogP) is 3.92. The van der Waals surface area contributed by atoms with E-state index >= 15 is 0 Å². The van der Waals surface area contributed by atoms with Gasteiger partial charge in [0, 0.05) is 22.5 Å². The van der Waals surface area contributed by atoms with Crippen LogP contribution in [0, 0.1) is 0 Å². The minimum Gasteiger partial charge on any atom is -0.362 e. The van der Waals surface area contributed by atoms with E-state index in [0.29, 0.717) is 23.9 Å². The van der Waals surface area contributed by atoms with Crippen LogP contribution < -0.4 is 21.3 Å². The van der Waals surface area contributed by atoms with Crippen molar-refractivity contribution >= 4 is 34.9 Å². The molecule has 31 heavy (non-hydrogen) atoms. The van der Waals surface area contributed by atoms with Crippen molar-refractivity contribution in [3.63, 3.8) is 0 Å². The summed E-state index contributed by atoms with van der Waals surface area (Å²) in [6.07, 6.45) is -4.63. The van der Waals surface area contributed by atoms with E-state index in [1.807, 2.05) is 0 Å². The Kier molecular flexibility index (Phi) is 5.10. The van der Waals surface area contributed by atoms with Crippen LogP contribution in [0.1, 0.15) is 5.69 Å². The van der Waals surface area contributed by atoms with Gasteiger partial charge >= 0.3 is 12.3 Å². The highest BCUT2D eigenvalue weighted by atomic mass is 19.4. The van der Waals surface area contributed by atoms with Gasteiger partial charge in [-0.1, -0.05) is 6.07 Å². The first-order valence-corrected chi connectivity index (χ1v) is 8.60. The van der Waals surface area contributed by atoms with E-state index in [4.69, 9.17) is 0 Å². The summed E-state index contributed by atoms with van der Waals surface area (Å²) in [4.78, 5) is 30.0. The number of hydrogen-bond donors (Lipinski definition) is 4. The molecule has 0 radical (unpaired) electrons. The number of anilines is 5. The standard InChI is InChI=1S/C17H12F4N8O2/c18-17(19,20)10-3-1-2-9(26-10)13-28-14-12(23-7-24-14)15(29-13)25-8-4-5-22-11(6-8)27-16(30)31-21/h1-6,23H,7H2,(H3,22,24,25,27,28,29,30). The maximum atomic E-state index is 13.0. The summed E-state index contributed by atoms with van der Waals surface area (Å²) in [6, 6.07) is 6.33. The smallest absolute Gasteiger partial charge is 0.362 e. The topological polar surface area (TPSA) is 126 Å². The van der Waals surface area contributed by atoms with E-state index in [0.717, 1.165) is 6.07 Å².